The van der Waals surface area contributed by atoms with Gasteiger partial charge in [0, 0.05) is 18.1 Å². The highest BCUT2D eigenvalue weighted by Crippen LogP contribution is 2.18. The van der Waals surface area contributed by atoms with Gasteiger partial charge in [-0.25, -0.2) is 9.97 Å². The van der Waals surface area contributed by atoms with Crippen molar-refractivity contribution in [2.75, 3.05) is 5.32 Å². The van der Waals surface area contributed by atoms with Crippen LogP contribution in [0.15, 0.2) is 67.1 Å². The van der Waals surface area contributed by atoms with Gasteiger partial charge in [0.2, 0.25) is 0 Å². The van der Waals surface area contributed by atoms with Crippen LogP contribution in [0.1, 0.15) is 21.9 Å². The lowest BCUT2D eigenvalue weighted by molar-refractivity contribution is 0.102. The van der Waals surface area contributed by atoms with E-state index in [9.17, 15) is 4.79 Å². The molecule has 128 valence electrons. The Balaban J connectivity index is 1.60. The standard InChI is InChI=1S/C20H17N5O/c1-14-21-10-11-25(14)13-15-6-2-3-7-16(15)24-20(26)19-12-22-17-8-4-5-9-18(17)23-19/h2-12H,13H2,1H3,(H,24,26). The Bertz CT molecular complexity index is 1090. The Hall–Kier alpha value is -3.54. The molecule has 26 heavy (non-hydrogen) atoms. The fourth-order valence-electron chi connectivity index (χ4n) is 2.79. The average Bonchev–Trinajstić information content (AvgIpc) is 3.07. The molecule has 0 aliphatic heterocycles. The molecule has 0 saturated heterocycles. The molecule has 0 unspecified atom stereocenters. The lowest BCUT2D eigenvalue weighted by atomic mass is 10.1. The van der Waals surface area contributed by atoms with Gasteiger partial charge in [0.05, 0.1) is 23.8 Å². The van der Waals surface area contributed by atoms with E-state index in [1.807, 2.05) is 66.2 Å². The van der Waals surface area contributed by atoms with E-state index < -0.39 is 0 Å². The number of hydrogen-bond acceptors (Lipinski definition) is 4. The number of fused-ring (bicyclic) bond motifs is 1. The van der Waals surface area contributed by atoms with Crippen molar-refractivity contribution in [3.05, 3.63) is 84.2 Å². The second-order valence-electron chi connectivity index (χ2n) is 5.96. The second kappa shape index (κ2) is 6.76. The molecule has 0 aliphatic rings. The predicted molar refractivity (Wildman–Crippen MR) is 100.0 cm³/mol. The first-order valence-electron chi connectivity index (χ1n) is 8.29. The van der Waals surface area contributed by atoms with Crippen LogP contribution in [0.4, 0.5) is 5.69 Å². The third-order valence-corrected chi connectivity index (χ3v) is 4.21. The smallest absolute Gasteiger partial charge is 0.275 e. The summed E-state index contributed by atoms with van der Waals surface area (Å²) < 4.78 is 2.03. The van der Waals surface area contributed by atoms with Crippen molar-refractivity contribution in [3.63, 3.8) is 0 Å². The molecule has 2 aromatic heterocycles. The number of carbonyl (C=O) groups is 1. The van der Waals surface area contributed by atoms with Crippen molar-refractivity contribution in [2.45, 2.75) is 13.5 Å². The van der Waals surface area contributed by atoms with E-state index in [0.29, 0.717) is 12.1 Å². The van der Waals surface area contributed by atoms with E-state index in [1.165, 1.54) is 6.20 Å². The molecule has 0 spiro atoms. The maximum absolute atomic E-state index is 12.6. The predicted octanol–water partition coefficient (Wildman–Crippen LogP) is 3.44. The molecule has 6 heteroatoms. The Morgan fingerprint density at radius 3 is 2.62 bits per heavy atom. The molecular weight excluding hydrogens is 326 g/mol. The molecule has 2 heterocycles. The Labute approximate surface area is 150 Å². The summed E-state index contributed by atoms with van der Waals surface area (Å²) in [5.41, 5.74) is 3.50. The second-order valence-corrected chi connectivity index (χ2v) is 5.96. The van der Waals surface area contributed by atoms with Crippen molar-refractivity contribution in [1.29, 1.82) is 0 Å². The lowest BCUT2D eigenvalue weighted by Gasteiger charge is -2.12. The highest BCUT2D eigenvalue weighted by Gasteiger charge is 2.12. The summed E-state index contributed by atoms with van der Waals surface area (Å²) in [6.45, 7) is 2.58. The number of amides is 1. The molecule has 2 aromatic carbocycles. The Kier molecular flexibility index (Phi) is 4.15. The van der Waals surface area contributed by atoms with Crippen LogP contribution < -0.4 is 5.32 Å². The Morgan fingerprint density at radius 2 is 1.81 bits per heavy atom. The molecule has 1 N–H and O–H groups in total. The fraction of sp³-hybridized carbons (Fsp3) is 0.100. The number of para-hydroxylation sites is 3. The van der Waals surface area contributed by atoms with Crippen molar-refractivity contribution in [2.24, 2.45) is 0 Å². The molecule has 6 nitrogen and oxygen atoms in total. The number of nitrogens with zero attached hydrogens (tertiary/aromatic N) is 4. The Morgan fingerprint density at radius 1 is 1.04 bits per heavy atom. The van der Waals surface area contributed by atoms with Crippen molar-refractivity contribution in [3.8, 4) is 0 Å². The largest absolute Gasteiger partial charge is 0.331 e. The minimum Gasteiger partial charge on any atom is -0.331 e. The van der Waals surface area contributed by atoms with Crippen LogP contribution in [0.5, 0.6) is 0 Å². The lowest BCUT2D eigenvalue weighted by Crippen LogP contribution is -2.16. The zero-order valence-electron chi connectivity index (χ0n) is 14.3. The van der Waals surface area contributed by atoms with Gasteiger partial charge in [-0.15, -0.1) is 0 Å². The summed E-state index contributed by atoms with van der Waals surface area (Å²) in [5.74, 6) is 0.643. The zero-order valence-corrected chi connectivity index (χ0v) is 14.3. The van der Waals surface area contributed by atoms with E-state index in [4.69, 9.17) is 0 Å². The molecule has 4 aromatic rings. The zero-order chi connectivity index (χ0) is 17.9. The van der Waals surface area contributed by atoms with Gasteiger partial charge in [0.1, 0.15) is 11.5 Å². The molecule has 1 amide bonds. The van der Waals surface area contributed by atoms with Gasteiger partial charge in [-0.3, -0.25) is 9.78 Å². The SMILES string of the molecule is Cc1nccn1Cc1ccccc1NC(=O)c1cnc2ccccc2n1. The van der Waals surface area contributed by atoms with Crippen molar-refractivity contribution in [1.82, 2.24) is 19.5 Å². The van der Waals surface area contributed by atoms with Gasteiger partial charge < -0.3 is 9.88 Å². The number of benzene rings is 2. The first-order valence-corrected chi connectivity index (χ1v) is 8.29. The summed E-state index contributed by atoms with van der Waals surface area (Å²) in [6.07, 6.45) is 5.18. The number of imidazole rings is 1. The third-order valence-electron chi connectivity index (χ3n) is 4.21. The van der Waals surface area contributed by atoms with Crippen LogP contribution >= 0.6 is 0 Å². The number of carbonyl (C=O) groups excluding carboxylic acids is 1. The minimum atomic E-state index is -0.280. The minimum absolute atomic E-state index is 0.280. The molecule has 4 rings (SSSR count). The quantitative estimate of drug-likeness (QED) is 0.616. The van der Waals surface area contributed by atoms with Crippen molar-refractivity contribution < 1.29 is 4.79 Å². The molecule has 0 atom stereocenters. The number of aromatic nitrogens is 4. The number of nitrogens with one attached hydrogen (secondary N) is 1. The van der Waals surface area contributed by atoms with Crippen LogP contribution in [-0.4, -0.2) is 25.4 Å². The summed E-state index contributed by atoms with van der Waals surface area (Å²) >= 11 is 0. The van der Waals surface area contributed by atoms with Gasteiger partial charge in [-0.05, 0) is 30.7 Å². The highest BCUT2D eigenvalue weighted by molar-refractivity contribution is 6.03. The van der Waals surface area contributed by atoms with E-state index in [-0.39, 0.29) is 11.6 Å². The van der Waals surface area contributed by atoms with Gasteiger partial charge in [0.15, 0.2) is 0 Å². The molecular formula is C20H17N5O. The normalized spacial score (nSPS) is 10.8. The monoisotopic (exact) mass is 343 g/mol. The number of anilines is 1. The maximum Gasteiger partial charge on any atom is 0.275 e. The molecule has 0 radical (unpaired) electrons. The first kappa shape index (κ1) is 16.0. The van der Waals surface area contributed by atoms with Gasteiger partial charge in [0.25, 0.3) is 5.91 Å². The number of hydrogen-bond donors (Lipinski definition) is 1. The van der Waals surface area contributed by atoms with Crippen LogP contribution in [0, 0.1) is 6.92 Å². The van der Waals surface area contributed by atoms with Crippen LogP contribution in [0.25, 0.3) is 11.0 Å². The van der Waals surface area contributed by atoms with Gasteiger partial charge in [-0.2, -0.15) is 0 Å². The van der Waals surface area contributed by atoms with E-state index in [1.54, 1.807) is 6.20 Å². The van der Waals surface area contributed by atoms with Crippen molar-refractivity contribution >= 4 is 22.6 Å². The van der Waals surface area contributed by atoms with E-state index in [0.717, 1.165) is 22.6 Å². The summed E-state index contributed by atoms with van der Waals surface area (Å²) in [6, 6.07) is 15.2. The third kappa shape index (κ3) is 3.17. The van der Waals surface area contributed by atoms with Gasteiger partial charge >= 0.3 is 0 Å². The highest BCUT2D eigenvalue weighted by atomic mass is 16.1. The van der Waals surface area contributed by atoms with Gasteiger partial charge in [-0.1, -0.05) is 30.3 Å². The van der Waals surface area contributed by atoms with Crippen LogP contribution in [0.3, 0.4) is 0 Å². The molecule has 0 saturated carbocycles. The van der Waals surface area contributed by atoms with E-state index >= 15 is 0 Å². The fourth-order valence-corrected chi connectivity index (χ4v) is 2.79. The molecule has 0 fully saturated rings. The van der Waals surface area contributed by atoms with E-state index in [2.05, 4.69) is 20.3 Å². The summed E-state index contributed by atoms with van der Waals surface area (Å²) in [4.78, 5) is 25.6. The van der Waals surface area contributed by atoms with Crippen LogP contribution in [0.2, 0.25) is 0 Å². The topological polar surface area (TPSA) is 72.7 Å². The summed E-state index contributed by atoms with van der Waals surface area (Å²) in [7, 11) is 0. The van der Waals surface area contributed by atoms with Crippen LogP contribution in [-0.2, 0) is 6.54 Å². The number of rotatable bonds is 4. The number of aryl methyl sites for hydroxylation is 1. The molecule has 0 aliphatic carbocycles. The first-order chi connectivity index (χ1) is 12.7. The summed E-state index contributed by atoms with van der Waals surface area (Å²) in [5, 5.41) is 2.95. The molecule has 0 bridgehead atoms. The average molecular weight is 343 g/mol. The maximum atomic E-state index is 12.6.